The van der Waals surface area contributed by atoms with E-state index in [2.05, 4.69) is 37.2 Å². The van der Waals surface area contributed by atoms with E-state index >= 15 is 0 Å². The summed E-state index contributed by atoms with van der Waals surface area (Å²) >= 11 is 0. The van der Waals surface area contributed by atoms with Crippen molar-refractivity contribution in [1.82, 2.24) is 4.90 Å². The molecule has 98 valence electrons. The second kappa shape index (κ2) is 5.02. The van der Waals surface area contributed by atoms with Gasteiger partial charge in [-0.2, -0.15) is 0 Å². The Hall–Kier alpha value is -0.860. The molecule has 1 aliphatic carbocycles. The van der Waals surface area contributed by atoms with Gasteiger partial charge in [0.05, 0.1) is 6.10 Å². The Morgan fingerprint density at radius 2 is 2.06 bits per heavy atom. The number of benzene rings is 1. The quantitative estimate of drug-likeness (QED) is 0.791. The number of aryl methyl sites for hydroxylation is 1. The molecule has 2 aliphatic rings. The van der Waals surface area contributed by atoms with E-state index in [9.17, 15) is 0 Å². The minimum Gasteiger partial charge on any atom is -0.374 e. The number of rotatable bonds is 2. The lowest BCUT2D eigenvalue weighted by Crippen LogP contribution is -2.26. The highest BCUT2D eigenvalue weighted by atomic mass is 16.5. The third kappa shape index (κ3) is 2.08. The lowest BCUT2D eigenvalue weighted by Gasteiger charge is -2.33. The van der Waals surface area contributed by atoms with Crippen molar-refractivity contribution in [2.75, 3.05) is 20.7 Å². The Morgan fingerprint density at radius 1 is 1.17 bits per heavy atom. The maximum absolute atomic E-state index is 5.91. The Balaban J connectivity index is 2.04. The van der Waals surface area contributed by atoms with Gasteiger partial charge in [-0.3, -0.25) is 0 Å². The van der Waals surface area contributed by atoms with Crippen molar-refractivity contribution in [2.45, 2.75) is 44.2 Å². The van der Waals surface area contributed by atoms with Gasteiger partial charge in [-0.25, -0.2) is 0 Å². The highest BCUT2D eigenvalue weighted by molar-refractivity contribution is 5.41. The van der Waals surface area contributed by atoms with Gasteiger partial charge in [-0.05, 0) is 62.9 Å². The first-order valence-corrected chi connectivity index (χ1v) is 7.17. The van der Waals surface area contributed by atoms with E-state index in [0.717, 1.165) is 6.61 Å². The zero-order chi connectivity index (χ0) is 12.5. The molecular weight excluding hydrogens is 222 g/mol. The molecule has 3 rings (SSSR count). The molecule has 0 amide bonds. The van der Waals surface area contributed by atoms with Crippen LogP contribution in [0.25, 0.3) is 0 Å². The van der Waals surface area contributed by atoms with E-state index in [1.807, 2.05) is 0 Å². The first-order chi connectivity index (χ1) is 8.77. The molecule has 18 heavy (non-hydrogen) atoms. The average Bonchev–Trinajstić information content (AvgIpc) is 2.91. The van der Waals surface area contributed by atoms with E-state index in [-0.39, 0.29) is 0 Å². The highest BCUT2D eigenvalue weighted by Gasteiger charge is 2.29. The summed E-state index contributed by atoms with van der Waals surface area (Å²) < 4.78 is 5.91. The highest BCUT2D eigenvalue weighted by Crippen LogP contribution is 2.40. The van der Waals surface area contributed by atoms with Crippen LogP contribution in [0.3, 0.4) is 0 Å². The lowest BCUT2D eigenvalue weighted by atomic mass is 9.82. The van der Waals surface area contributed by atoms with E-state index in [1.165, 1.54) is 37.7 Å². The first-order valence-electron chi connectivity index (χ1n) is 7.17. The van der Waals surface area contributed by atoms with Crippen molar-refractivity contribution in [3.05, 3.63) is 34.9 Å². The molecule has 0 bridgehead atoms. The molecule has 1 aliphatic heterocycles. The van der Waals surface area contributed by atoms with Crippen LogP contribution in [-0.2, 0) is 11.2 Å². The fourth-order valence-electron chi connectivity index (χ4n) is 3.51. The van der Waals surface area contributed by atoms with Gasteiger partial charge >= 0.3 is 0 Å². The molecule has 1 heterocycles. The van der Waals surface area contributed by atoms with Crippen molar-refractivity contribution >= 4 is 0 Å². The molecular formula is C16H23NO. The largest absolute Gasteiger partial charge is 0.374 e. The van der Waals surface area contributed by atoms with Crippen LogP contribution in [0, 0.1) is 0 Å². The smallest absolute Gasteiger partial charge is 0.0829 e. The maximum atomic E-state index is 5.91. The van der Waals surface area contributed by atoms with Gasteiger partial charge in [0.2, 0.25) is 0 Å². The van der Waals surface area contributed by atoms with Crippen LogP contribution < -0.4 is 0 Å². The summed E-state index contributed by atoms with van der Waals surface area (Å²) in [6, 6.07) is 7.39. The summed E-state index contributed by atoms with van der Waals surface area (Å²) in [4.78, 5) is 2.37. The van der Waals surface area contributed by atoms with Gasteiger partial charge in [0.15, 0.2) is 0 Å². The second-order valence-corrected chi connectivity index (χ2v) is 5.79. The van der Waals surface area contributed by atoms with E-state index < -0.39 is 0 Å². The molecule has 2 heteroatoms. The van der Waals surface area contributed by atoms with Crippen LogP contribution in [0.15, 0.2) is 18.2 Å². The molecule has 0 spiro atoms. The molecule has 0 radical (unpaired) electrons. The third-order valence-electron chi connectivity index (χ3n) is 4.39. The number of nitrogens with zero attached hydrogens (tertiary/aromatic N) is 1. The molecule has 2 atom stereocenters. The van der Waals surface area contributed by atoms with Crippen LogP contribution in [0.2, 0.25) is 0 Å². The standard InChI is InChI=1S/C16H23NO/c1-17(2)14-9-4-7-12-6-3-8-13(16(12)14)15-10-5-11-18-15/h3,6,8,14-15H,4-5,7,9-11H2,1-2H3/t14-,15?/m1/s1. The molecule has 1 aromatic carbocycles. The van der Waals surface area contributed by atoms with Crippen LogP contribution in [0.1, 0.15) is 54.5 Å². The maximum Gasteiger partial charge on any atom is 0.0829 e. The third-order valence-corrected chi connectivity index (χ3v) is 4.39. The normalized spacial score (nSPS) is 27.5. The Labute approximate surface area is 110 Å². The summed E-state index contributed by atoms with van der Waals surface area (Å²) in [6.45, 7) is 0.932. The SMILES string of the molecule is CN(C)[C@@H]1CCCc2cccc(C3CCCO3)c21. The fraction of sp³-hybridized carbons (Fsp3) is 0.625. The zero-order valence-corrected chi connectivity index (χ0v) is 11.5. The van der Waals surface area contributed by atoms with Gasteiger partial charge in [-0.1, -0.05) is 18.2 Å². The molecule has 1 unspecified atom stereocenters. The van der Waals surface area contributed by atoms with Gasteiger partial charge < -0.3 is 9.64 Å². The molecule has 2 nitrogen and oxygen atoms in total. The van der Waals surface area contributed by atoms with Crippen molar-refractivity contribution < 1.29 is 4.74 Å². The summed E-state index contributed by atoms with van der Waals surface area (Å²) in [5.74, 6) is 0. The van der Waals surface area contributed by atoms with E-state index in [1.54, 1.807) is 11.1 Å². The average molecular weight is 245 g/mol. The van der Waals surface area contributed by atoms with Crippen LogP contribution in [-0.4, -0.2) is 25.6 Å². The molecule has 1 aromatic rings. The fourth-order valence-corrected chi connectivity index (χ4v) is 3.51. The number of fused-ring (bicyclic) bond motifs is 1. The predicted octanol–water partition coefficient (Wildman–Crippen LogP) is 3.48. The van der Waals surface area contributed by atoms with Crippen molar-refractivity contribution in [3.63, 3.8) is 0 Å². The zero-order valence-electron chi connectivity index (χ0n) is 11.5. The molecule has 0 aromatic heterocycles. The Morgan fingerprint density at radius 3 is 2.78 bits per heavy atom. The Kier molecular flexibility index (Phi) is 3.40. The molecule has 0 N–H and O–H groups in total. The Bertz CT molecular complexity index is 421. The van der Waals surface area contributed by atoms with Crippen LogP contribution in [0.5, 0.6) is 0 Å². The predicted molar refractivity (Wildman–Crippen MR) is 73.7 cm³/mol. The summed E-state index contributed by atoms with van der Waals surface area (Å²) in [7, 11) is 4.40. The van der Waals surface area contributed by atoms with Crippen molar-refractivity contribution in [3.8, 4) is 0 Å². The molecule has 0 saturated carbocycles. The topological polar surface area (TPSA) is 12.5 Å². The van der Waals surface area contributed by atoms with Gasteiger partial charge in [0.1, 0.15) is 0 Å². The first kappa shape index (κ1) is 12.2. The summed E-state index contributed by atoms with van der Waals surface area (Å²) in [5, 5.41) is 0. The van der Waals surface area contributed by atoms with Crippen molar-refractivity contribution in [1.29, 1.82) is 0 Å². The van der Waals surface area contributed by atoms with E-state index in [0.29, 0.717) is 12.1 Å². The van der Waals surface area contributed by atoms with E-state index in [4.69, 9.17) is 4.74 Å². The number of hydrogen-bond donors (Lipinski definition) is 0. The number of ether oxygens (including phenoxy) is 1. The molecule has 1 fully saturated rings. The minimum absolute atomic E-state index is 0.348. The minimum atomic E-state index is 0.348. The van der Waals surface area contributed by atoms with Crippen molar-refractivity contribution in [2.24, 2.45) is 0 Å². The van der Waals surface area contributed by atoms with Crippen LogP contribution >= 0.6 is 0 Å². The number of hydrogen-bond acceptors (Lipinski definition) is 2. The monoisotopic (exact) mass is 245 g/mol. The molecule has 1 saturated heterocycles. The van der Waals surface area contributed by atoms with Gasteiger partial charge in [-0.15, -0.1) is 0 Å². The van der Waals surface area contributed by atoms with Gasteiger partial charge in [0.25, 0.3) is 0 Å². The lowest BCUT2D eigenvalue weighted by molar-refractivity contribution is 0.109. The van der Waals surface area contributed by atoms with Crippen LogP contribution in [0.4, 0.5) is 0 Å². The van der Waals surface area contributed by atoms with Gasteiger partial charge in [0, 0.05) is 12.6 Å². The second-order valence-electron chi connectivity index (χ2n) is 5.79. The summed E-state index contributed by atoms with van der Waals surface area (Å²) in [6.07, 6.45) is 6.58. The summed E-state index contributed by atoms with van der Waals surface area (Å²) in [5.41, 5.74) is 4.58.